The number of hydrogen-bond acceptors (Lipinski definition) is 3. The van der Waals surface area contributed by atoms with Crippen LogP contribution in [0.25, 0.3) is 6.08 Å². The highest BCUT2D eigenvalue weighted by atomic mass is 16.5. The largest absolute Gasteiger partial charge is 0.504 e. The van der Waals surface area contributed by atoms with Crippen LogP contribution in [0.2, 0.25) is 0 Å². The quantitative estimate of drug-likeness (QED) is 0.850. The van der Waals surface area contributed by atoms with E-state index in [-0.39, 0.29) is 11.7 Å². The summed E-state index contributed by atoms with van der Waals surface area (Å²) >= 11 is 0. The number of piperidine rings is 1. The first-order valence-corrected chi connectivity index (χ1v) is 6.54. The molecule has 0 unspecified atom stereocenters. The fraction of sp³-hybridized carbons (Fsp3) is 0.400. The molecule has 4 heteroatoms. The van der Waals surface area contributed by atoms with Gasteiger partial charge >= 0.3 is 0 Å². The maximum Gasteiger partial charge on any atom is 0.246 e. The molecule has 0 spiro atoms. The Morgan fingerprint density at radius 1 is 1.32 bits per heavy atom. The number of benzene rings is 1. The molecule has 0 atom stereocenters. The van der Waals surface area contributed by atoms with Crippen LogP contribution in [0, 0.1) is 0 Å². The van der Waals surface area contributed by atoms with Crippen LogP contribution < -0.4 is 4.74 Å². The third-order valence-electron chi connectivity index (χ3n) is 3.29. The van der Waals surface area contributed by atoms with Gasteiger partial charge in [-0.15, -0.1) is 0 Å². The van der Waals surface area contributed by atoms with E-state index < -0.39 is 0 Å². The number of rotatable bonds is 3. The molecule has 1 aliphatic heterocycles. The number of carbonyl (C=O) groups excluding carboxylic acids is 1. The number of nitrogens with zero attached hydrogens (tertiary/aromatic N) is 1. The van der Waals surface area contributed by atoms with Crippen molar-refractivity contribution in [2.24, 2.45) is 0 Å². The first-order valence-electron chi connectivity index (χ1n) is 6.54. The Kier molecular flexibility index (Phi) is 4.44. The van der Waals surface area contributed by atoms with Gasteiger partial charge in [0.25, 0.3) is 0 Å². The van der Waals surface area contributed by atoms with E-state index in [9.17, 15) is 9.90 Å². The zero-order valence-corrected chi connectivity index (χ0v) is 11.1. The van der Waals surface area contributed by atoms with Gasteiger partial charge in [-0.25, -0.2) is 0 Å². The van der Waals surface area contributed by atoms with Gasteiger partial charge in [-0.05, 0) is 43.0 Å². The number of hydrogen-bond donors (Lipinski definition) is 1. The molecule has 0 saturated carbocycles. The van der Waals surface area contributed by atoms with E-state index in [0.717, 1.165) is 31.5 Å². The minimum Gasteiger partial charge on any atom is -0.504 e. The van der Waals surface area contributed by atoms with Crippen molar-refractivity contribution in [3.8, 4) is 11.5 Å². The summed E-state index contributed by atoms with van der Waals surface area (Å²) in [5, 5.41) is 9.49. The number of ether oxygens (including phenoxy) is 1. The highest BCUT2D eigenvalue weighted by molar-refractivity contribution is 5.91. The SMILES string of the molecule is COc1cc(/C=C\C(=O)N2CCCCC2)ccc1O. The van der Waals surface area contributed by atoms with E-state index in [1.807, 2.05) is 4.90 Å². The third kappa shape index (κ3) is 3.50. The van der Waals surface area contributed by atoms with Crippen molar-refractivity contribution in [1.29, 1.82) is 0 Å². The molecular formula is C15H19NO3. The Hall–Kier alpha value is -1.97. The van der Waals surface area contributed by atoms with Crippen molar-refractivity contribution in [2.45, 2.75) is 19.3 Å². The average molecular weight is 261 g/mol. The number of methoxy groups -OCH3 is 1. The molecule has 2 rings (SSSR count). The molecule has 0 radical (unpaired) electrons. The summed E-state index contributed by atoms with van der Waals surface area (Å²) in [5.74, 6) is 0.557. The lowest BCUT2D eigenvalue weighted by Gasteiger charge is -2.25. The minimum absolute atomic E-state index is 0.0479. The monoisotopic (exact) mass is 261 g/mol. The second-order valence-electron chi connectivity index (χ2n) is 4.65. The first kappa shape index (κ1) is 13.5. The molecule has 1 aliphatic rings. The maximum atomic E-state index is 12.0. The summed E-state index contributed by atoms with van der Waals surface area (Å²) in [5.41, 5.74) is 0.833. The molecular weight excluding hydrogens is 242 g/mol. The van der Waals surface area contributed by atoms with Crippen LogP contribution in [0.4, 0.5) is 0 Å². The van der Waals surface area contributed by atoms with Gasteiger partial charge in [0, 0.05) is 19.2 Å². The summed E-state index contributed by atoms with van der Waals surface area (Å²) < 4.78 is 5.03. The zero-order chi connectivity index (χ0) is 13.7. The average Bonchev–Trinajstić information content (AvgIpc) is 2.47. The molecule has 4 nitrogen and oxygen atoms in total. The van der Waals surface area contributed by atoms with E-state index in [4.69, 9.17) is 4.74 Å². The topological polar surface area (TPSA) is 49.8 Å². The van der Waals surface area contributed by atoms with Gasteiger partial charge in [-0.3, -0.25) is 4.79 Å². The molecule has 1 N–H and O–H groups in total. The number of carbonyl (C=O) groups is 1. The fourth-order valence-corrected chi connectivity index (χ4v) is 2.19. The zero-order valence-electron chi connectivity index (χ0n) is 11.1. The molecule has 1 saturated heterocycles. The summed E-state index contributed by atoms with van der Waals surface area (Å²) in [7, 11) is 1.50. The molecule has 0 bridgehead atoms. The standard InChI is InChI=1S/C15H19NO3/c1-19-14-11-12(5-7-13(14)17)6-8-15(18)16-9-3-2-4-10-16/h5-8,11,17H,2-4,9-10H2,1H3/b8-6-. The van der Waals surface area contributed by atoms with Gasteiger partial charge in [-0.2, -0.15) is 0 Å². The fourth-order valence-electron chi connectivity index (χ4n) is 2.19. The van der Waals surface area contributed by atoms with Gasteiger partial charge in [0.05, 0.1) is 7.11 Å². The van der Waals surface area contributed by atoms with E-state index >= 15 is 0 Å². The van der Waals surface area contributed by atoms with Crippen molar-refractivity contribution in [2.75, 3.05) is 20.2 Å². The molecule has 1 fully saturated rings. The van der Waals surface area contributed by atoms with E-state index in [2.05, 4.69) is 0 Å². The lowest BCUT2D eigenvalue weighted by atomic mass is 10.1. The second kappa shape index (κ2) is 6.27. The van der Waals surface area contributed by atoms with Crippen molar-refractivity contribution in [1.82, 2.24) is 4.90 Å². The van der Waals surface area contributed by atoms with Crippen LogP contribution >= 0.6 is 0 Å². The number of likely N-dealkylation sites (tertiary alicyclic amines) is 1. The lowest BCUT2D eigenvalue weighted by molar-refractivity contribution is -0.126. The normalized spacial score (nSPS) is 15.7. The van der Waals surface area contributed by atoms with Crippen molar-refractivity contribution >= 4 is 12.0 Å². The molecule has 1 aromatic rings. The van der Waals surface area contributed by atoms with Gasteiger partial charge in [0.1, 0.15) is 0 Å². The van der Waals surface area contributed by atoms with Crippen LogP contribution in [0.1, 0.15) is 24.8 Å². The molecule has 102 valence electrons. The third-order valence-corrected chi connectivity index (χ3v) is 3.29. The minimum atomic E-state index is 0.0479. The molecule has 1 heterocycles. The van der Waals surface area contributed by atoms with Crippen LogP contribution in [-0.4, -0.2) is 36.1 Å². The Balaban J connectivity index is 2.03. The predicted octanol–water partition coefficient (Wildman–Crippen LogP) is 2.43. The second-order valence-corrected chi connectivity index (χ2v) is 4.65. The van der Waals surface area contributed by atoms with Gasteiger partial charge in [0.15, 0.2) is 11.5 Å². The molecule has 1 amide bonds. The van der Waals surface area contributed by atoms with Crippen molar-refractivity contribution in [3.05, 3.63) is 29.8 Å². The molecule has 0 aliphatic carbocycles. The maximum absolute atomic E-state index is 12.0. The van der Waals surface area contributed by atoms with Crippen LogP contribution in [0.3, 0.4) is 0 Å². The Morgan fingerprint density at radius 2 is 2.05 bits per heavy atom. The summed E-state index contributed by atoms with van der Waals surface area (Å²) in [6, 6.07) is 5.01. The number of phenolic OH excluding ortho intramolecular Hbond substituents is 1. The number of amides is 1. The van der Waals surface area contributed by atoms with E-state index in [0.29, 0.717) is 5.75 Å². The van der Waals surface area contributed by atoms with Crippen molar-refractivity contribution < 1.29 is 14.6 Å². The molecule has 19 heavy (non-hydrogen) atoms. The Morgan fingerprint density at radius 3 is 2.74 bits per heavy atom. The Bertz CT molecular complexity index is 476. The summed E-state index contributed by atoms with van der Waals surface area (Å²) in [6.45, 7) is 1.70. The Labute approximate surface area is 113 Å². The predicted molar refractivity (Wildman–Crippen MR) is 74.1 cm³/mol. The van der Waals surface area contributed by atoms with Gasteiger partial charge < -0.3 is 14.7 Å². The van der Waals surface area contributed by atoms with Crippen LogP contribution in [-0.2, 0) is 4.79 Å². The highest BCUT2D eigenvalue weighted by Gasteiger charge is 2.13. The van der Waals surface area contributed by atoms with Crippen LogP contribution in [0.15, 0.2) is 24.3 Å². The number of phenols is 1. The van der Waals surface area contributed by atoms with Gasteiger partial charge in [-0.1, -0.05) is 6.07 Å². The first-order chi connectivity index (χ1) is 9.20. The lowest BCUT2D eigenvalue weighted by Crippen LogP contribution is -2.34. The summed E-state index contributed by atoms with van der Waals surface area (Å²) in [4.78, 5) is 13.8. The van der Waals surface area contributed by atoms with E-state index in [1.54, 1.807) is 30.4 Å². The summed E-state index contributed by atoms with van der Waals surface area (Å²) in [6.07, 6.45) is 6.72. The van der Waals surface area contributed by atoms with Crippen LogP contribution in [0.5, 0.6) is 11.5 Å². The number of aromatic hydroxyl groups is 1. The smallest absolute Gasteiger partial charge is 0.246 e. The molecule has 0 aromatic heterocycles. The highest BCUT2D eigenvalue weighted by Crippen LogP contribution is 2.26. The van der Waals surface area contributed by atoms with Gasteiger partial charge in [0.2, 0.25) is 5.91 Å². The molecule has 1 aromatic carbocycles. The van der Waals surface area contributed by atoms with E-state index in [1.165, 1.54) is 13.5 Å². The van der Waals surface area contributed by atoms with Crippen molar-refractivity contribution in [3.63, 3.8) is 0 Å².